The van der Waals surface area contributed by atoms with Crippen LogP contribution >= 0.6 is 0 Å². The number of amides is 1. The molecule has 1 saturated heterocycles. The van der Waals surface area contributed by atoms with Crippen molar-refractivity contribution in [1.29, 1.82) is 0 Å². The predicted molar refractivity (Wildman–Crippen MR) is 387 cm³/mol. The average molecular weight is 1270 g/mol. The first kappa shape index (κ1) is 85.9. The third-order valence-corrected chi connectivity index (χ3v) is 18.8. The number of ether oxygens (including phenoxy) is 2. The molecule has 0 aromatic carbocycles. The maximum atomic E-state index is 13.2. The monoisotopic (exact) mass is 1270 g/mol. The molecule has 6 N–H and O–H groups in total. The molecule has 1 aliphatic heterocycles. The molecular formula is C81H151NO8. The number of rotatable bonds is 70. The third kappa shape index (κ3) is 57.3. The van der Waals surface area contributed by atoms with Crippen LogP contribution in [0.4, 0.5) is 0 Å². The summed E-state index contributed by atoms with van der Waals surface area (Å²) in [6, 6.07) is -0.831. The molecule has 0 aromatic rings. The van der Waals surface area contributed by atoms with Crippen LogP contribution in [0.2, 0.25) is 0 Å². The Hall–Kier alpha value is -2.11. The smallest absolute Gasteiger partial charge is 0.220 e. The lowest BCUT2D eigenvalue weighted by Gasteiger charge is -2.40. The topological polar surface area (TPSA) is 149 Å². The highest BCUT2D eigenvalue weighted by molar-refractivity contribution is 5.76. The lowest BCUT2D eigenvalue weighted by atomic mass is 9.99. The number of hydrogen-bond donors (Lipinski definition) is 6. The number of aliphatic hydroxyl groups is 5. The van der Waals surface area contributed by atoms with Gasteiger partial charge in [-0.15, -0.1) is 0 Å². The SMILES string of the molecule is CCCCCCC/C=C\C/C=C\CCCCCCCCCCCCCCCCCCCCCCCCCCCC(=O)NC(COC1OC(CO)C(O)C(O)C1O)C(O)/C=C/CC/C=C/CC/C=C/CCCCCCCCCCCCCCCCCCCCCC. The molecule has 9 nitrogen and oxygen atoms in total. The molecule has 1 heterocycles. The summed E-state index contributed by atoms with van der Waals surface area (Å²) in [6.07, 6.45) is 90.9. The standard InChI is InChI=1S/C81H151NO8/c1-3-5-7-9-11-13-15-17-19-21-23-25-27-29-31-33-35-36-37-38-39-40-41-43-45-47-49-51-53-55-57-59-61-63-65-67-69-71-77(85)82-74(73-89-81-80(88)79(87)78(86)76(72-83)90-81)75(84)70-68-66-64-62-60-58-56-54-52-50-48-46-44-42-34-32-30-28-26-24-22-20-18-16-14-12-10-8-6-4-2/h15,17,21,23,52,54,60,62,68,70,74-76,78-81,83-84,86-88H,3-14,16,18-20,22,24-51,53,55-59,61,63-67,69,71-73H2,1-2H3,(H,82,85)/b17-15-,23-21-,54-52+,62-60+,70-68+. The predicted octanol–water partition coefficient (Wildman–Crippen LogP) is 22.5. The molecule has 0 radical (unpaired) electrons. The van der Waals surface area contributed by atoms with Crippen molar-refractivity contribution in [2.75, 3.05) is 13.2 Å². The summed E-state index contributed by atoms with van der Waals surface area (Å²) in [6.45, 7) is 3.80. The second kappa shape index (κ2) is 69.7. The average Bonchev–Trinajstić information content (AvgIpc) is 1.28. The molecular weight excluding hydrogens is 1110 g/mol. The molecule has 0 aromatic heterocycles. The molecule has 1 rings (SSSR count). The molecule has 0 spiro atoms. The van der Waals surface area contributed by atoms with E-state index in [1.807, 2.05) is 6.08 Å². The Morgan fingerprint density at radius 2 is 0.667 bits per heavy atom. The fourth-order valence-electron chi connectivity index (χ4n) is 12.6. The normalized spacial score (nSPS) is 18.1. The largest absolute Gasteiger partial charge is 0.394 e. The van der Waals surface area contributed by atoms with E-state index >= 15 is 0 Å². The van der Waals surface area contributed by atoms with Gasteiger partial charge in [0, 0.05) is 6.42 Å². The first-order valence-electron chi connectivity index (χ1n) is 39.5. The van der Waals surface area contributed by atoms with Crippen LogP contribution in [-0.4, -0.2) is 87.5 Å². The van der Waals surface area contributed by atoms with E-state index in [-0.39, 0.29) is 12.5 Å². The lowest BCUT2D eigenvalue weighted by molar-refractivity contribution is -0.302. The van der Waals surface area contributed by atoms with Crippen LogP contribution in [0.3, 0.4) is 0 Å². The summed E-state index contributed by atoms with van der Waals surface area (Å²) in [5, 5.41) is 54.8. The van der Waals surface area contributed by atoms with Crippen molar-refractivity contribution >= 4 is 5.91 Å². The molecule has 528 valence electrons. The minimum atomic E-state index is -1.58. The van der Waals surface area contributed by atoms with Gasteiger partial charge in [0.1, 0.15) is 24.4 Å². The summed E-state index contributed by atoms with van der Waals surface area (Å²) < 4.78 is 11.3. The maximum Gasteiger partial charge on any atom is 0.220 e. The first-order valence-corrected chi connectivity index (χ1v) is 39.5. The minimum Gasteiger partial charge on any atom is -0.394 e. The molecule has 90 heavy (non-hydrogen) atoms. The zero-order valence-electron chi connectivity index (χ0n) is 59.4. The number of carbonyl (C=O) groups excluding carboxylic acids is 1. The van der Waals surface area contributed by atoms with Crippen molar-refractivity contribution in [3.63, 3.8) is 0 Å². The number of unbranched alkanes of at least 4 members (excludes halogenated alkanes) is 52. The maximum absolute atomic E-state index is 13.2. The highest BCUT2D eigenvalue weighted by Gasteiger charge is 2.44. The summed E-state index contributed by atoms with van der Waals surface area (Å²) in [4.78, 5) is 13.2. The molecule has 9 heteroatoms. The summed E-state index contributed by atoms with van der Waals surface area (Å²) in [5.74, 6) is -0.184. The van der Waals surface area contributed by atoms with E-state index in [0.29, 0.717) is 6.42 Å². The van der Waals surface area contributed by atoms with E-state index in [2.05, 4.69) is 67.8 Å². The van der Waals surface area contributed by atoms with E-state index in [0.717, 1.165) is 51.4 Å². The Balaban J connectivity index is 2.09. The Morgan fingerprint density at radius 3 is 1.00 bits per heavy atom. The van der Waals surface area contributed by atoms with Gasteiger partial charge in [-0.25, -0.2) is 0 Å². The minimum absolute atomic E-state index is 0.184. The van der Waals surface area contributed by atoms with Crippen molar-refractivity contribution < 1.29 is 39.8 Å². The van der Waals surface area contributed by atoms with Crippen molar-refractivity contribution in [3.05, 3.63) is 60.8 Å². The molecule has 7 unspecified atom stereocenters. The van der Waals surface area contributed by atoms with Crippen LogP contribution in [0.15, 0.2) is 60.8 Å². The number of carbonyl (C=O) groups is 1. The Bertz CT molecular complexity index is 1610. The molecule has 1 aliphatic rings. The lowest BCUT2D eigenvalue weighted by Crippen LogP contribution is -2.60. The zero-order valence-corrected chi connectivity index (χ0v) is 59.4. The van der Waals surface area contributed by atoms with E-state index in [1.165, 1.54) is 321 Å². The Morgan fingerprint density at radius 1 is 0.378 bits per heavy atom. The fourth-order valence-corrected chi connectivity index (χ4v) is 12.6. The van der Waals surface area contributed by atoms with E-state index in [9.17, 15) is 30.3 Å². The molecule has 1 fully saturated rings. The van der Waals surface area contributed by atoms with Gasteiger partial charge < -0.3 is 40.3 Å². The summed E-state index contributed by atoms with van der Waals surface area (Å²) in [5.41, 5.74) is 0. The Kier molecular flexibility index (Phi) is 66.5. The number of hydrogen-bond acceptors (Lipinski definition) is 8. The van der Waals surface area contributed by atoms with Gasteiger partial charge in [0.2, 0.25) is 5.91 Å². The van der Waals surface area contributed by atoms with Crippen molar-refractivity contribution in [2.24, 2.45) is 0 Å². The van der Waals surface area contributed by atoms with Gasteiger partial charge in [-0.05, 0) is 77.0 Å². The van der Waals surface area contributed by atoms with Crippen LogP contribution in [-0.2, 0) is 14.3 Å². The van der Waals surface area contributed by atoms with Crippen molar-refractivity contribution in [1.82, 2.24) is 5.32 Å². The summed E-state index contributed by atoms with van der Waals surface area (Å²) >= 11 is 0. The van der Waals surface area contributed by atoms with Crippen molar-refractivity contribution in [3.8, 4) is 0 Å². The highest BCUT2D eigenvalue weighted by atomic mass is 16.7. The van der Waals surface area contributed by atoms with Gasteiger partial charge in [0.15, 0.2) is 6.29 Å². The molecule has 1 amide bonds. The van der Waals surface area contributed by atoms with Crippen LogP contribution < -0.4 is 5.32 Å². The van der Waals surface area contributed by atoms with E-state index < -0.39 is 49.5 Å². The van der Waals surface area contributed by atoms with Crippen LogP contribution in [0, 0.1) is 0 Å². The van der Waals surface area contributed by atoms with Gasteiger partial charge in [0.25, 0.3) is 0 Å². The molecule has 0 aliphatic carbocycles. The van der Waals surface area contributed by atoms with Gasteiger partial charge in [-0.2, -0.15) is 0 Å². The first-order chi connectivity index (χ1) is 44.3. The van der Waals surface area contributed by atoms with Gasteiger partial charge in [-0.1, -0.05) is 370 Å². The molecule has 0 saturated carbocycles. The summed E-state index contributed by atoms with van der Waals surface area (Å²) in [7, 11) is 0. The second-order valence-corrected chi connectivity index (χ2v) is 27.5. The Labute approximate surface area is 557 Å². The quantitative estimate of drug-likeness (QED) is 0.0261. The second-order valence-electron chi connectivity index (χ2n) is 27.5. The number of aliphatic hydroxyl groups excluding tert-OH is 5. The highest BCUT2D eigenvalue weighted by Crippen LogP contribution is 2.24. The van der Waals surface area contributed by atoms with Crippen LogP contribution in [0.25, 0.3) is 0 Å². The fraction of sp³-hybridized carbons (Fsp3) is 0.864. The van der Waals surface area contributed by atoms with Gasteiger partial charge in [-0.3, -0.25) is 4.79 Å². The van der Waals surface area contributed by atoms with Crippen LogP contribution in [0.5, 0.6) is 0 Å². The van der Waals surface area contributed by atoms with E-state index in [1.54, 1.807) is 6.08 Å². The third-order valence-electron chi connectivity index (χ3n) is 18.8. The zero-order chi connectivity index (χ0) is 64.9. The molecule has 7 atom stereocenters. The van der Waals surface area contributed by atoms with Gasteiger partial charge in [0.05, 0.1) is 25.4 Å². The van der Waals surface area contributed by atoms with Gasteiger partial charge >= 0.3 is 0 Å². The van der Waals surface area contributed by atoms with Crippen LogP contribution in [0.1, 0.15) is 393 Å². The molecule has 0 bridgehead atoms. The van der Waals surface area contributed by atoms with Crippen molar-refractivity contribution in [2.45, 2.75) is 436 Å². The number of allylic oxidation sites excluding steroid dienone is 9. The van der Waals surface area contributed by atoms with E-state index in [4.69, 9.17) is 9.47 Å². The number of nitrogens with one attached hydrogen (secondary N) is 1.